The van der Waals surface area contributed by atoms with E-state index < -0.39 is 0 Å². The number of aryl methyl sites for hydroxylation is 1. The summed E-state index contributed by atoms with van der Waals surface area (Å²) in [5, 5.41) is 10.7. The molecule has 1 aromatic carbocycles. The highest BCUT2D eigenvalue weighted by Gasteiger charge is 2.11. The van der Waals surface area contributed by atoms with E-state index in [-0.39, 0.29) is 23.8 Å². The maximum Gasteiger partial charge on any atom is 0.339 e. The number of aromatic hydroxyl groups is 1. The molecule has 0 radical (unpaired) electrons. The summed E-state index contributed by atoms with van der Waals surface area (Å²) in [4.78, 5) is 13.4. The number of benzene rings is 1. The summed E-state index contributed by atoms with van der Waals surface area (Å²) < 4.78 is 5.26. The van der Waals surface area contributed by atoms with E-state index >= 15 is 0 Å². The van der Waals surface area contributed by atoms with Crippen molar-refractivity contribution in [1.82, 2.24) is 4.90 Å². The summed E-state index contributed by atoms with van der Waals surface area (Å²) in [6.07, 6.45) is 0. The lowest BCUT2D eigenvalue weighted by Gasteiger charge is -2.12. The zero-order valence-corrected chi connectivity index (χ0v) is 11.4. The fourth-order valence-electron chi connectivity index (χ4n) is 1.80. The van der Waals surface area contributed by atoms with Crippen LogP contribution in [0.25, 0.3) is 11.0 Å². The molecule has 0 saturated heterocycles. The molecule has 18 heavy (non-hydrogen) atoms. The first kappa shape index (κ1) is 14.5. The Hall–Kier alpha value is -1.52. The highest BCUT2D eigenvalue weighted by molar-refractivity contribution is 5.85. The predicted molar refractivity (Wildman–Crippen MR) is 73.5 cm³/mol. The van der Waals surface area contributed by atoms with Crippen LogP contribution in [0.5, 0.6) is 5.75 Å². The largest absolute Gasteiger partial charge is 0.507 e. The predicted octanol–water partition coefficient (Wildman–Crippen LogP) is 2.29. The highest BCUT2D eigenvalue weighted by Crippen LogP contribution is 2.27. The van der Waals surface area contributed by atoms with E-state index in [2.05, 4.69) is 0 Å². The maximum atomic E-state index is 11.5. The first-order valence-electron chi connectivity index (χ1n) is 5.39. The standard InChI is InChI=1S/C13H15NO3.ClH/c1-8-6-9-4-5-11(15)10(7-14(2)3)12(9)17-13(8)16;/h4-6,15H,7H2,1-3H3;1H. The van der Waals surface area contributed by atoms with Gasteiger partial charge < -0.3 is 14.4 Å². The SMILES string of the molecule is Cc1cc2ccc(O)c(CN(C)C)c2oc1=O.Cl. The highest BCUT2D eigenvalue weighted by atomic mass is 35.5. The van der Waals surface area contributed by atoms with E-state index in [1.54, 1.807) is 25.1 Å². The molecule has 98 valence electrons. The Morgan fingerprint density at radius 3 is 2.61 bits per heavy atom. The third kappa shape index (κ3) is 2.66. The summed E-state index contributed by atoms with van der Waals surface area (Å²) in [6, 6.07) is 5.15. The van der Waals surface area contributed by atoms with E-state index in [1.807, 2.05) is 19.0 Å². The monoisotopic (exact) mass is 269 g/mol. The first-order valence-corrected chi connectivity index (χ1v) is 5.39. The fraction of sp³-hybridized carbons (Fsp3) is 0.308. The van der Waals surface area contributed by atoms with Gasteiger partial charge in [0.05, 0.1) is 5.56 Å². The van der Waals surface area contributed by atoms with Crippen molar-refractivity contribution in [3.05, 3.63) is 39.7 Å². The van der Waals surface area contributed by atoms with Gasteiger partial charge in [-0.3, -0.25) is 0 Å². The molecule has 1 aromatic heterocycles. The molecule has 0 amide bonds. The molecule has 0 spiro atoms. The van der Waals surface area contributed by atoms with Crippen LogP contribution in [0.1, 0.15) is 11.1 Å². The minimum Gasteiger partial charge on any atom is -0.507 e. The molecule has 5 heteroatoms. The number of fused-ring (bicyclic) bond motifs is 1. The van der Waals surface area contributed by atoms with Crippen molar-refractivity contribution in [3.8, 4) is 5.75 Å². The molecule has 2 aromatic rings. The van der Waals surface area contributed by atoms with Crippen molar-refractivity contribution in [2.24, 2.45) is 0 Å². The van der Waals surface area contributed by atoms with Gasteiger partial charge >= 0.3 is 5.63 Å². The van der Waals surface area contributed by atoms with Crippen LogP contribution in [0.15, 0.2) is 27.4 Å². The fourth-order valence-corrected chi connectivity index (χ4v) is 1.80. The van der Waals surface area contributed by atoms with Crippen molar-refractivity contribution >= 4 is 23.4 Å². The van der Waals surface area contributed by atoms with Crippen molar-refractivity contribution in [2.45, 2.75) is 13.5 Å². The molecular weight excluding hydrogens is 254 g/mol. The quantitative estimate of drug-likeness (QED) is 0.850. The Labute approximate surface area is 111 Å². The maximum absolute atomic E-state index is 11.5. The van der Waals surface area contributed by atoms with Gasteiger partial charge in [0.25, 0.3) is 0 Å². The number of rotatable bonds is 2. The van der Waals surface area contributed by atoms with Gasteiger partial charge in [0, 0.05) is 17.5 Å². The van der Waals surface area contributed by atoms with Gasteiger partial charge in [-0.1, -0.05) is 0 Å². The van der Waals surface area contributed by atoms with Crippen LogP contribution in [-0.2, 0) is 6.54 Å². The van der Waals surface area contributed by atoms with Gasteiger partial charge in [0.1, 0.15) is 11.3 Å². The van der Waals surface area contributed by atoms with Crippen molar-refractivity contribution in [1.29, 1.82) is 0 Å². The smallest absolute Gasteiger partial charge is 0.339 e. The van der Waals surface area contributed by atoms with Crippen molar-refractivity contribution < 1.29 is 9.52 Å². The number of phenols is 1. The Kier molecular flexibility index (Phi) is 4.38. The van der Waals surface area contributed by atoms with Gasteiger partial charge in [0.15, 0.2) is 0 Å². The molecule has 2 rings (SSSR count). The average Bonchev–Trinajstić information content (AvgIpc) is 2.25. The van der Waals surface area contributed by atoms with Crippen LogP contribution >= 0.6 is 12.4 Å². The molecule has 4 nitrogen and oxygen atoms in total. The Bertz CT molecular complexity index is 619. The Morgan fingerprint density at radius 2 is 2.00 bits per heavy atom. The second-order valence-corrected chi connectivity index (χ2v) is 4.44. The number of phenolic OH excluding ortho intramolecular Hbond substituents is 1. The topological polar surface area (TPSA) is 53.7 Å². The van der Waals surface area contributed by atoms with Crippen LogP contribution in [0, 0.1) is 6.92 Å². The third-order valence-electron chi connectivity index (χ3n) is 2.63. The summed E-state index contributed by atoms with van der Waals surface area (Å²) in [5.74, 6) is 0.151. The Balaban J connectivity index is 0.00000162. The van der Waals surface area contributed by atoms with Crippen LogP contribution in [0.2, 0.25) is 0 Å². The minimum atomic E-state index is -0.358. The third-order valence-corrected chi connectivity index (χ3v) is 2.63. The van der Waals surface area contributed by atoms with Gasteiger partial charge in [-0.05, 0) is 39.2 Å². The molecule has 1 heterocycles. The molecule has 0 aliphatic heterocycles. The lowest BCUT2D eigenvalue weighted by Crippen LogP contribution is -2.12. The number of nitrogens with zero attached hydrogens (tertiary/aromatic N) is 1. The number of hydrogen-bond donors (Lipinski definition) is 1. The zero-order chi connectivity index (χ0) is 12.6. The molecular formula is C13H16ClNO3. The Morgan fingerprint density at radius 1 is 1.33 bits per heavy atom. The normalized spacial score (nSPS) is 10.7. The summed E-state index contributed by atoms with van der Waals surface area (Å²) >= 11 is 0. The minimum absolute atomic E-state index is 0. The van der Waals surface area contributed by atoms with E-state index in [4.69, 9.17) is 4.42 Å². The average molecular weight is 270 g/mol. The molecule has 0 aliphatic rings. The van der Waals surface area contributed by atoms with Crippen molar-refractivity contribution in [2.75, 3.05) is 14.1 Å². The van der Waals surface area contributed by atoms with Gasteiger partial charge in [-0.15, -0.1) is 12.4 Å². The lowest BCUT2D eigenvalue weighted by atomic mass is 10.1. The first-order chi connectivity index (χ1) is 7.99. The molecule has 0 atom stereocenters. The lowest BCUT2D eigenvalue weighted by molar-refractivity contribution is 0.383. The number of hydrogen-bond acceptors (Lipinski definition) is 4. The molecule has 0 saturated carbocycles. The van der Waals surface area contributed by atoms with Crippen LogP contribution < -0.4 is 5.63 Å². The van der Waals surface area contributed by atoms with Gasteiger partial charge in [-0.2, -0.15) is 0 Å². The van der Waals surface area contributed by atoms with Crippen LogP contribution in [0.3, 0.4) is 0 Å². The van der Waals surface area contributed by atoms with Crippen LogP contribution in [-0.4, -0.2) is 24.1 Å². The zero-order valence-electron chi connectivity index (χ0n) is 10.6. The molecule has 0 aliphatic carbocycles. The van der Waals surface area contributed by atoms with Crippen molar-refractivity contribution in [3.63, 3.8) is 0 Å². The van der Waals surface area contributed by atoms with Gasteiger partial charge in [0.2, 0.25) is 0 Å². The summed E-state index contributed by atoms with van der Waals surface area (Å²) in [7, 11) is 3.79. The van der Waals surface area contributed by atoms with E-state index in [9.17, 15) is 9.90 Å². The molecule has 0 fully saturated rings. The second-order valence-electron chi connectivity index (χ2n) is 4.44. The van der Waals surface area contributed by atoms with Crippen LogP contribution in [0.4, 0.5) is 0 Å². The summed E-state index contributed by atoms with van der Waals surface area (Å²) in [6.45, 7) is 2.24. The van der Waals surface area contributed by atoms with E-state index in [1.165, 1.54) is 0 Å². The molecule has 0 bridgehead atoms. The number of halogens is 1. The molecule has 0 unspecified atom stereocenters. The van der Waals surface area contributed by atoms with Gasteiger partial charge in [-0.25, -0.2) is 4.79 Å². The van der Waals surface area contributed by atoms with E-state index in [0.717, 1.165) is 5.39 Å². The molecule has 1 N–H and O–H groups in total. The van der Waals surface area contributed by atoms with E-state index in [0.29, 0.717) is 23.3 Å². The second kappa shape index (κ2) is 5.42. The summed E-state index contributed by atoms with van der Waals surface area (Å²) in [5.41, 5.74) is 1.32.